The zero-order valence-electron chi connectivity index (χ0n) is 14.4. The Morgan fingerprint density at radius 1 is 1.23 bits per heavy atom. The Kier molecular flexibility index (Phi) is 4.55. The van der Waals surface area contributed by atoms with E-state index in [0.29, 0.717) is 0 Å². The number of thiophene rings is 1. The van der Waals surface area contributed by atoms with Crippen LogP contribution in [0.3, 0.4) is 0 Å². The van der Waals surface area contributed by atoms with Crippen molar-refractivity contribution in [3.8, 4) is 11.1 Å². The van der Waals surface area contributed by atoms with Crippen LogP contribution in [0.4, 0.5) is 10.2 Å². The standard InChI is InChI=1S/C19H19FN4OS/c1-12(25)24-8-6-15(7-9-24)23-18-17-16(10-26-19(17)22-11-21-18)13-2-4-14(20)5-3-13/h2-5,10-11,15H,6-9H2,1H3,(H,21,22,23). The van der Waals surface area contributed by atoms with Gasteiger partial charge in [0.25, 0.3) is 0 Å². The minimum absolute atomic E-state index is 0.129. The first-order valence-corrected chi connectivity index (χ1v) is 9.50. The van der Waals surface area contributed by atoms with Crippen LogP contribution in [0.15, 0.2) is 36.0 Å². The van der Waals surface area contributed by atoms with E-state index in [2.05, 4.69) is 15.3 Å². The van der Waals surface area contributed by atoms with Crippen molar-refractivity contribution in [2.75, 3.05) is 18.4 Å². The lowest BCUT2D eigenvalue weighted by Gasteiger charge is -2.32. The van der Waals surface area contributed by atoms with Gasteiger partial charge in [-0.3, -0.25) is 4.79 Å². The van der Waals surface area contributed by atoms with Crippen LogP contribution in [-0.2, 0) is 4.79 Å². The van der Waals surface area contributed by atoms with Crippen LogP contribution < -0.4 is 5.32 Å². The maximum atomic E-state index is 13.3. The van der Waals surface area contributed by atoms with Gasteiger partial charge in [-0.05, 0) is 30.5 Å². The predicted molar refractivity (Wildman–Crippen MR) is 102 cm³/mol. The molecule has 1 amide bonds. The van der Waals surface area contributed by atoms with Gasteiger partial charge in [0, 0.05) is 37.0 Å². The Labute approximate surface area is 154 Å². The molecule has 1 aromatic carbocycles. The van der Waals surface area contributed by atoms with Crippen LogP contribution in [0.25, 0.3) is 21.3 Å². The first-order chi connectivity index (χ1) is 12.6. The van der Waals surface area contributed by atoms with Gasteiger partial charge >= 0.3 is 0 Å². The van der Waals surface area contributed by atoms with E-state index >= 15 is 0 Å². The Morgan fingerprint density at radius 3 is 2.65 bits per heavy atom. The molecule has 1 aliphatic heterocycles. The van der Waals surface area contributed by atoms with Crippen molar-refractivity contribution in [2.45, 2.75) is 25.8 Å². The molecule has 0 saturated carbocycles. The second kappa shape index (κ2) is 6.99. The molecule has 3 heterocycles. The number of hydrogen-bond acceptors (Lipinski definition) is 5. The minimum atomic E-state index is -0.250. The molecule has 3 aromatic rings. The number of halogens is 1. The zero-order chi connectivity index (χ0) is 18.1. The number of likely N-dealkylation sites (tertiary alicyclic amines) is 1. The van der Waals surface area contributed by atoms with Gasteiger partial charge in [0.2, 0.25) is 5.91 Å². The lowest BCUT2D eigenvalue weighted by atomic mass is 10.0. The second-order valence-corrected chi connectivity index (χ2v) is 7.34. The lowest BCUT2D eigenvalue weighted by molar-refractivity contribution is -0.129. The predicted octanol–water partition coefficient (Wildman–Crippen LogP) is 3.92. The number of piperidine rings is 1. The highest BCUT2D eigenvalue weighted by atomic mass is 32.1. The Morgan fingerprint density at radius 2 is 1.96 bits per heavy atom. The molecule has 0 atom stereocenters. The summed E-state index contributed by atoms with van der Waals surface area (Å²) in [5, 5.41) is 6.54. The fourth-order valence-corrected chi connectivity index (χ4v) is 4.27. The highest BCUT2D eigenvalue weighted by Crippen LogP contribution is 2.37. The summed E-state index contributed by atoms with van der Waals surface area (Å²) >= 11 is 1.56. The van der Waals surface area contributed by atoms with Crippen molar-refractivity contribution in [2.24, 2.45) is 0 Å². The van der Waals surface area contributed by atoms with E-state index < -0.39 is 0 Å². The van der Waals surface area contributed by atoms with E-state index in [1.54, 1.807) is 36.7 Å². The highest BCUT2D eigenvalue weighted by molar-refractivity contribution is 7.17. The number of anilines is 1. The zero-order valence-corrected chi connectivity index (χ0v) is 15.2. The van der Waals surface area contributed by atoms with Gasteiger partial charge in [-0.2, -0.15) is 0 Å². The van der Waals surface area contributed by atoms with Crippen LogP contribution in [0.5, 0.6) is 0 Å². The van der Waals surface area contributed by atoms with Crippen LogP contribution >= 0.6 is 11.3 Å². The van der Waals surface area contributed by atoms with Crippen LogP contribution in [0.1, 0.15) is 19.8 Å². The van der Waals surface area contributed by atoms with Crippen LogP contribution in [0, 0.1) is 5.82 Å². The number of hydrogen-bond donors (Lipinski definition) is 1. The molecule has 0 aliphatic carbocycles. The topological polar surface area (TPSA) is 58.1 Å². The summed E-state index contributed by atoms with van der Waals surface area (Å²) in [7, 11) is 0. The van der Waals surface area contributed by atoms with Crippen molar-refractivity contribution in [3.63, 3.8) is 0 Å². The third kappa shape index (κ3) is 3.26. The number of benzene rings is 1. The normalized spacial score (nSPS) is 15.4. The maximum Gasteiger partial charge on any atom is 0.219 e. The van der Waals surface area contributed by atoms with E-state index in [-0.39, 0.29) is 17.8 Å². The molecule has 4 rings (SSSR count). The number of carbonyl (C=O) groups is 1. The monoisotopic (exact) mass is 370 g/mol. The van der Waals surface area contributed by atoms with Gasteiger partial charge in [0.15, 0.2) is 0 Å². The Bertz CT molecular complexity index is 932. The van der Waals surface area contributed by atoms with Gasteiger partial charge in [-0.1, -0.05) is 12.1 Å². The van der Waals surface area contributed by atoms with Gasteiger partial charge in [-0.25, -0.2) is 14.4 Å². The number of amides is 1. The highest BCUT2D eigenvalue weighted by Gasteiger charge is 2.22. The molecule has 0 unspecified atom stereocenters. The molecule has 5 nitrogen and oxygen atoms in total. The molecule has 26 heavy (non-hydrogen) atoms. The molecule has 134 valence electrons. The second-order valence-electron chi connectivity index (χ2n) is 6.48. The van der Waals surface area contributed by atoms with E-state index in [4.69, 9.17) is 0 Å². The smallest absolute Gasteiger partial charge is 0.219 e. The van der Waals surface area contributed by atoms with Crippen molar-refractivity contribution in [1.29, 1.82) is 0 Å². The van der Waals surface area contributed by atoms with Crippen molar-refractivity contribution in [1.82, 2.24) is 14.9 Å². The molecule has 0 bridgehead atoms. The number of fused-ring (bicyclic) bond motifs is 1. The Balaban J connectivity index is 1.63. The largest absolute Gasteiger partial charge is 0.367 e. The van der Waals surface area contributed by atoms with E-state index in [1.165, 1.54) is 12.1 Å². The lowest BCUT2D eigenvalue weighted by Crippen LogP contribution is -2.41. The summed E-state index contributed by atoms with van der Waals surface area (Å²) in [6.07, 6.45) is 3.35. The first-order valence-electron chi connectivity index (χ1n) is 8.62. The van der Waals surface area contributed by atoms with Crippen LogP contribution in [0.2, 0.25) is 0 Å². The molecule has 1 aliphatic rings. The molecular formula is C19H19FN4OS. The fraction of sp³-hybridized carbons (Fsp3) is 0.316. The average Bonchev–Trinajstić information content (AvgIpc) is 3.08. The average molecular weight is 370 g/mol. The molecule has 1 fully saturated rings. The van der Waals surface area contributed by atoms with Gasteiger partial charge in [0.05, 0.1) is 5.39 Å². The summed E-state index contributed by atoms with van der Waals surface area (Å²) in [5.74, 6) is 0.682. The number of rotatable bonds is 3. The summed E-state index contributed by atoms with van der Waals surface area (Å²) in [4.78, 5) is 23.1. The van der Waals surface area contributed by atoms with Crippen molar-refractivity contribution >= 4 is 33.3 Å². The molecule has 1 N–H and O–H groups in total. The molecule has 0 spiro atoms. The fourth-order valence-electron chi connectivity index (χ4n) is 3.36. The van der Waals surface area contributed by atoms with Gasteiger partial charge < -0.3 is 10.2 Å². The summed E-state index contributed by atoms with van der Waals surface area (Å²) in [6, 6.07) is 6.75. The van der Waals surface area contributed by atoms with Gasteiger partial charge in [0.1, 0.15) is 22.8 Å². The molecule has 0 radical (unpaired) electrons. The third-order valence-electron chi connectivity index (χ3n) is 4.81. The van der Waals surface area contributed by atoms with Gasteiger partial charge in [-0.15, -0.1) is 11.3 Å². The minimum Gasteiger partial charge on any atom is -0.367 e. The SMILES string of the molecule is CC(=O)N1CCC(Nc2ncnc3scc(-c4ccc(F)cc4)c23)CC1. The van der Waals surface area contributed by atoms with E-state index in [9.17, 15) is 9.18 Å². The quantitative estimate of drug-likeness (QED) is 0.759. The molecule has 1 saturated heterocycles. The number of aromatic nitrogens is 2. The third-order valence-corrected chi connectivity index (χ3v) is 5.69. The summed E-state index contributed by atoms with van der Waals surface area (Å²) < 4.78 is 13.3. The number of carbonyl (C=O) groups excluding carboxylic acids is 1. The first kappa shape index (κ1) is 16.9. The van der Waals surface area contributed by atoms with Crippen molar-refractivity contribution in [3.05, 3.63) is 41.8 Å². The number of nitrogens with zero attached hydrogens (tertiary/aromatic N) is 3. The number of nitrogens with one attached hydrogen (secondary N) is 1. The molecular weight excluding hydrogens is 351 g/mol. The van der Waals surface area contributed by atoms with E-state index in [1.807, 2.05) is 10.3 Å². The maximum absolute atomic E-state index is 13.3. The molecule has 7 heteroatoms. The van der Waals surface area contributed by atoms with E-state index in [0.717, 1.165) is 53.1 Å². The summed E-state index contributed by atoms with van der Waals surface area (Å²) in [5.41, 5.74) is 1.95. The van der Waals surface area contributed by atoms with Crippen LogP contribution in [-0.4, -0.2) is 39.9 Å². The van der Waals surface area contributed by atoms with Crippen molar-refractivity contribution < 1.29 is 9.18 Å². The summed E-state index contributed by atoms with van der Waals surface area (Å²) in [6.45, 7) is 3.13. The Hall–Kier alpha value is -2.54. The molecule has 2 aromatic heterocycles.